The highest BCUT2D eigenvalue weighted by Crippen LogP contribution is 2.33. The number of halogens is 2. The molecule has 1 nitrogen and oxygen atoms in total. The summed E-state index contributed by atoms with van der Waals surface area (Å²) in [4.78, 5) is 2.25. The standard InChI is InChI=1S/C11H13ClFN/c1-7(2)14-4-3-8-5-10(13)9(12)6-11(8)14/h5-7H,3-4H2,1-2H3. The molecular formula is C11H13ClFN. The van der Waals surface area contributed by atoms with Crippen LogP contribution < -0.4 is 4.90 Å². The van der Waals surface area contributed by atoms with Crippen LogP contribution in [-0.4, -0.2) is 12.6 Å². The summed E-state index contributed by atoms with van der Waals surface area (Å²) in [6.45, 7) is 5.23. The number of fused-ring (bicyclic) bond motifs is 1. The van der Waals surface area contributed by atoms with E-state index in [0.717, 1.165) is 24.2 Å². The normalized spacial score (nSPS) is 15.1. The van der Waals surface area contributed by atoms with E-state index < -0.39 is 0 Å². The van der Waals surface area contributed by atoms with Crippen molar-refractivity contribution in [3.8, 4) is 0 Å². The van der Waals surface area contributed by atoms with Crippen molar-refractivity contribution in [2.24, 2.45) is 0 Å². The minimum atomic E-state index is -0.309. The van der Waals surface area contributed by atoms with E-state index in [0.29, 0.717) is 6.04 Å². The Labute approximate surface area is 88.5 Å². The molecule has 0 saturated carbocycles. The van der Waals surface area contributed by atoms with Gasteiger partial charge in [-0.1, -0.05) is 11.6 Å². The first-order valence-corrected chi connectivity index (χ1v) is 5.22. The van der Waals surface area contributed by atoms with Crippen LogP contribution in [-0.2, 0) is 6.42 Å². The lowest BCUT2D eigenvalue weighted by atomic mass is 10.1. The summed E-state index contributed by atoms with van der Waals surface area (Å²) >= 11 is 5.76. The molecule has 0 aliphatic carbocycles. The van der Waals surface area contributed by atoms with Gasteiger partial charge in [-0.15, -0.1) is 0 Å². The molecular weight excluding hydrogens is 201 g/mol. The number of benzene rings is 1. The highest BCUT2D eigenvalue weighted by Gasteiger charge is 2.22. The summed E-state index contributed by atoms with van der Waals surface area (Å²) in [5.41, 5.74) is 2.16. The van der Waals surface area contributed by atoms with Crippen molar-refractivity contribution in [3.63, 3.8) is 0 Å². The molecule has 1 aromatic rings. The van der Waals surface area contributed by atoms with E-state index in [9.17, 15) is 4.39 Å². The zero-order valence-corrected chi connectivity index (χ0v) is 9.11. The Bertz CT molecular complexity index is 363. The number of hydrogen-bond donors (Lipinski definition) is 0. The Morgan fingerprint density at radius 1 is 1.43 bits per heavy atom. The predicted molar refractivity (Wildman–Crippen MR) is 57.6 cm³/mol. The van der Waals surface area contributed by atoms with Crippen LogP contribution in [0.5, 0.6) is 0 Å². The zero-order chi connectivity index (χ0) is 10.3. The number of rotatable bonds is 1. The van der Waals surface area contributed by atoms with Gasteiger partial charge in [-0.2, -0.15) is 0 Å². The summed E-state index contributed by atoms with van der Waals surface area (Å²) in [6.07, 6.45) is 0.918. The van der Waals surface area contributed by atoms with Gasteiger partial charge in [0.2, 0.25) is 0 Å². The first kappa shape index (κ1) is 9.78. The predicted octanol–water partition coefficient (Wildman–Crippen LogP) is 3.25. The molecule has 0 spiro atoms. The summed E-state index contributed by atoms with van der Waals surface area (Å²) in [5, 5.41) is 0.219. The quantitative estimate of drug-likeness (QED) is 0.692. The van der Waals surface area contributed by atoms with Crippen molar-refractivity contribution < 1.29 is 4.39 Å². The second kappa shape index (κ2) is 3.43. The number of hydrogen-bond acceptors (Lipinski definition) is 1. The van der Waals surface area contributed by atoms with Gasteiger partial charge in [-0.05, 0) is 38.0 Å². The molecule has 0 atom stereocenters. The first-order valence-electron chi connectivity index (χ1n) is 4.84. The molecule has 0 N–H and O–H groups in total. The van der Waals surface area contributed by atoms with Gasteiger partial charge in [0.25, 0.3) is 0 Å². The van der Waals surface area contributed by atoms with Gasteiger partial charge in [0.05, 0.1) is 5.02 Å². The van der Waals surface area contributed by atoms with Crippen LogP contribution in [0.1, 0.15) is 19.4 Å². The van der Waals surface area contributed by atoms with E-state index in [2.05, 4.69) is 18.7 Å². The molecule has 0 bridgehead atoms. The average molecular weight is 214 g/mol. The second-order valence-corrected chi connectivity index (χ2v) is 4.34. The van der Waals surface area contributed by atoms with Crippen LogP contribution in [0.3, 0.4) is 0 Å². The molecule has 1 aromatic carbocycles. The van der Waals surface area contributed by atoms with Gasteiger partial charge in [0, 0.05) is 18.3 Å². The van der Waals surface area contributed by atoms with Gasteiger partial charge in [0.1, 0.15) is 5.82 Å². The van der Waals surface area contributed by atoms with Crippen molar-refractivity contribution in [2.75, 3.05) is 11.4 Å². The fourth-order valence-electron chi connectivity index (χ4n) is 1.94. The molecule has 0 unspecified atom stereocenters. The Balaban J connectivity index is 2.45. The minimum absolute atomic E-state index is 0.219. The lowest BCUT2D eigenvalue weighted by Crippen LogP contribution is -2.28. The molecule has 1 aliphatic rings. The molecule has 1 heterocycles. The molecule has 2 rings (SSSR count). The third kappa shape index (κ3) is 1.48. The van der Waals surface area contributed by atoms with E-state index in [1.54, 1.807) is 12.1 Å². The van der Waals surface area contributed by atoms with Crippen molar-refractivity contribution in [1.82, 2.24) is 0 Å². The maximum absolute atomic E-state index is 13.2. The lowest BCUT2D eigenvalue weighted by molar-refractivity contribution is 0.627. The third-order valence-corrected chi connectivity index (χ3v) is 2.97. The summed E-state index contributed by atoms with van der Waals surface area (Å²) in [5.74, 6) is -0.309. The molecule has 76 valence electrons. The van der Waals surface area contributed by atoms with Crippen molar-refractivity contribution in [1.29, 1.82) is 0 Å². The highest BCUT2D eigenvalue weighted by molar-refractivity contribution is 6.31. The summed E-state index contributed by atoms with van der Waals surface area (Å²) < 4.78 is 13.2. The van der Waals surface area contributed by atoms with E-state index in [1.165, 1.54) is 0 Å². The Kier molecular flexibility index (Phi) is 2.40. The molecule has 14 heavy (non-hydrogen) atoms. The van der Waals surface area contributed by atoms with Crippen LogP contribution in [0.25, 0.3) is 0 Å². The number of anilines is 1. The van der Waals surface area contributed by atoms with Crippen molar-refractivity contribution in [2.45, 2.75) is 26.3 Å². The SMILES string of the molecule is CC(C)N1CCc2cc(F)c(Cl)cc21. The van der Waals surface area contributed by atoms with Gasteiger partial charge in [-0.25, -0.2) is 4.39 Å². The maximum atomic E-state index is 13.2. The van der Waals surface area contributed by atoms with E-state index in [4.69, 9.17) is 11.6 Å². The first-order chi connectivity index (χ1) is 6.59. The Morgan fingerprint density at radius 3 is 2.79 bits per heavy atom. The smallest absolute Gasteiger partial charge is 0.142 e. The largest absolute Gasteiger partial charge is 0.369 e. The molecule has 0 fully saturated rings. The fraction of sp³-hybridized carbons (Fsp3) is 0.455. The Morgan fingerprint density at radius 2 is 2.14 bits per heavy atom. The van der Waals surface area contributed by atoms with Gasteiger partial charge < -0.3 is 4.90 Å². The average Bonchev–Trinajstić information content (AvgIpc) is 2.48. The monoisotopic (exact) mass is 213 g/mol. The summed E-state index contributed by atoms with van der Waals surface area (Å²) in [6, 6.07) is 3.73. The van der Waals surface area contributed by atoms with E-state index in [-0.39, 0.29) is 10.8 Å². The Hall–Kier alpha value is -0.760. The van der Waals surface area contributed by atoms with Gasteiger partial charge >= 0.3 is 0 Å². The molecule has 0 radical (unpaired) electrons. The molecule has 0 aromatic heterocycles. The second-order valence-electron chi connectivity index (χ2n) is 3.93. The van der Waals surface area contributed by atoms with Crippen LogP contribution in [0, 0.1) is 5.82 Å². The third-order valence-electron chi connectivity index (χ3n) is 2.68. The highest BCUT2D eigenvalue weighted by atomic mass is 35.5. The van der Waals surface area contributed by atoms with E-state index in [1.807, 2.05) is 0 Å². The minimum Gasteiger partial charge on any atom is -0.369 e. The van der Waals surface area contributed by atoms with Crippen molar-refractivity contribution >= 4 is 17.3 Å². The molecule has 1 aliphatic heterocycles. The van der Waals surface area contributed by atoms with Crippen LogP contribution in [0.15, 0.2) is 12.1 Å². The van der Waals surface area contributed by atoms with Crippen molar-refractivity contribution in [3.05, 3.63) is 28.5 Å². The molecule has 0 amide bonds. The van der Waals surface area contributed by atoms with E-state index >= 15 is 0 Å². The maximum Gasteiger partial charge on any atom is 0.142 e. The lowest BCUT2D eigenvalue weighted by Gasteiger charge is -2.24. The zero-order valence-electron chi connectivity index (χ0n) is 8.35. The van der Waals surface area contributed by atoms with Crippen LogP contribution in [0.4, 0.5) is 10.1 Å². The molecule has 3 heteroatoms. The summed E-state index contributed by atoms with van der Waals surface area (Å²) in [7, 11) is 0. The van der Waals surface area contributed by atoms with Crippen LogP contribution >= 0.6 is 11.6 Å². The van der Waals surface area contributed by atoms with Gasteiger partial charge in [0.15, 0.2) is 0 Å². The topological polar surface area (TPSA) is 3.24 Å². The molecule has 0 saturated heterocycles. The van der Waals surface area contributed by atoms with Gasteiger partial charge in [-0.3, -0.25) is 0 Å². The van der Waals surface area contributed by atoms with Crippen LogP contribution in [0.2, 0.25) is 5.02 Å². The fourth-order valence-corrected chi connectivity index (χ4v) is 2.10. The number of nitrogens with zero attached hydrogens (tertiary/aromatic N) is 1.